The maximum Gasteiger partial charge on any atom is 0.409 e. The van der Waals surface area contributed by atoms with Crippen molar-refractivity contribution in [3.63, 3.8) is 0 Å². The molecule has 21 heavy (non-hydrogen) atoms. The number of carbonyl (C=O) groups excluding carboxylic acids is 1. The van der Waals surface area contributed by atoms with Crippen molar-refractivity contribution >= 4 is 46.6 Å². The molecule has 0 aliphatic carbocycles. The molecule has 8 heteroatoms. The summed E-state index contributed by atoms with van der Waals surface area (Å²) in [5.41, 5.74) is 0.571. The van der Waals surface area contributed by atoms with Crippen molar-refractivity contribution < 1.29 is 14.3 Å². The van der Waals surface area contributed by atoms with E-state index in [1.165, 1.54) is 7.11 Å². The van der Waals surface area contributed by atoms with Crippen molar-refractivity contribution in [2.24, 2.45) is 0 Å². The Morgan fingerprint density at radius 1 is 1.24 bits per heavy atom. The summed E-state index contributed by atoms with van der Waals surface area (Å²) in [6, 6.07) is 7.06. The molecular formula is C13H17Cl3N2O3. The van der Waals surface area contributed by atoms with Gasteiger partial charge < -0.3 is 14.8 Å². The molecule has 0 heterocycles. The molecule has 0 aliphatic heterocycles. The number of benzene rings is 1. The van der Waals surface area contributed by atoms with Crippen LogP contribution >= 0.6 is 34.8 Å². The summed E-state index contributed by atoms with van der Waals surface area (Å²) < 4.78 is 8.38. The van der Waals surface area contributed by atoms with Crippen molar-refractivity contribution in [1.82, 2.24) is 5.32 Å². The molecule has 0 bridgehead atoms. The number of halogens is 3. The SMILES string of the molecule is COc1ccccc1NC(NC(=O)OC(C)C)C(Cl)(Cl)Cl. The number of rotatable bonds is 5. The van der Waals surface area contributed by atoms with Gasteiger partial charge in [-0.3, -0.25) is 5.32 Å². The van der Waals surface area contributed by atoms with Crippen molar-refractivity contribution in [3.05, 3.63) is 24.3 Å². The number of amides is 1. The van der Waals surface area contributed by atoms with Crippen LogP contribution in [0.25, 0.3) is 0 Å². The normalized spacial score (nSPS) is 12.7. The summed E-state index contributed by atoms with van der Waals surface area (Å²) in [5, 5.41) is 5.37. The molecule has 1 atom stereocenters. The number of carbonyl (C=O) groups is 1. The molecule has 1 amide bonds. The summed E-state index contributed by atoms with van der Waals surface area (Å²) in [7, 11) is 1.52. The molecule has 118 valence electrons. The van der Waals surface area contributed by atoms with Crippen molar-refractivity contribution in [2.75, 3.05) is 12.4 Å². The number of para-hydroxylation sites is 2. The van der Waals surface area contributed by atoms with E-state index in [1.807, 2.05) is 0 Å². The van der Waals surface area contributed by atoms with Crippen LogP contribution in [0.4, 0.5) is 10.5 Å². The number of anilines is 1. The van der Waals surface area contributed by atoms with Crippen molar-refractivity contribution in [3.8, 4) is 5.75 Å². The Labute approximate surface area is 138 Å². The van der Waals surface area contributed by atoms with Gasteiger partial charge in [0.1, 0.15) is 5.75 Å². The Bertz CT molecular complexity index is 478. The Morgan fingerprint density at radius 3 is 2.38 bits per heavy atom. The fourth-order valence-electron chi connectivity index (χ4n) is 1.49. The van der Waals surface area contributed by atoms with E-state index in [2.05, 4.69) is 10.6 Å². The van der Waals surface area contributed by atoms with E-state index in [0.29, 0.717) is 11.4 Å². The Morgan fingerprint density at radius 2 is 1.86 bits per heavy atom. The lowest BCUT2D eigenvalue weighted by atomic mass is 10.3. The highest BCUT2D eigenvalue weighted by Crippen LogP contribution is 2.33. The second-order valence-electron chi connectivity index (χ2n) is 4.42. The van der Waals surface area contributed by atoms with Gasteiger partial charge in [-0.05, 0) is 26.0 Å². The summed E-state index contributed by atoms with van der Waals surface area (Å²) in [4.78, 5) is 11.7. The van der Waals surface area contributed by atoms with Crippen LogP contribution in [0.5, 0.6) is 5.75 Å². The predicted octanol–water partition coefficient (Wildman–Crippen LogP) is 3.94. The first-order valence-corrected chi connectivity index (χ1v) is 7.31. The zero-order chi connectivity index (χ0) is 16.0. The highest BCUT2D eigenvalue weighted by Gasteiger charge is 2.35. The summed E-state index contributed by atoms with van der Waals surface area (Å²) >= 11 is 17.6. The zero-order valence-electron chi connectivity index (χ0n) is 11.8. The monoisotopic (exact) mass is 354 g/mol. The number of alkyl carbamates (subject to hydrolysis) is 1. The molecule has 1 aromatic carbocycles. The van der Waals surface area contributed by atoms with Crippen LogP contribution in [0.15, 0.2) is 24.3 Å². The molecule has 0 saturated heterocycles. The van der Waals surface area contributed by atoms with Crippen molar-refractivity contribution in [2.45, 2.75) is 29.9 Å². The molecule has 5 nitrogen and oxygen atoms in total. The van der Waals surface area contributed by atoms with Gasteiger partial charge in [0, 0.05) is 0 Å². The maximum absolute atomic E-state index is 11.7. The number of alkyl halides is 3. The van der Waals surface area contributed by atoms with Gasteiger partial charge in [0.05, 0.1) is 18.9 Å². The highest BCUT2D eigenvalue weighted by molar-refractivity contribution is 6.68. The molecule has 0 aliphatic rings. The van der Waals surface area contributed by atoms with E-state index < -0.39 is 16.1 Å². The first kappa shape index (κ1) is 18.0. The van der Waals surface area contributed by atoms with E-state index in [0.717, 1.165) is 0 Å². The minimum atomic E-state index is -1.78. The van der Waals surface area contributed by atoms with E-state index >= 15 is 0 Å². The lowest BCUT2D eigenvalue weighted by Crippen LogP contribution is -2.49. The first-order valence-electron chi connectivity index (χ1n) is 6.17. The third kappa shape index (κ3) is 6.08. The fraction of sp³-hybridized carbons (Fsp3) is 0.462. The van der Waals surface area contributed by atoms with E-state index in [1.54, 1.807) is 38.1 Å². The van der Waals surface area contributed by atoms with Crippen LogP contribution < -0.4 is 15.4 Å². The van der Waals surface area contributed by atoms with Crippen LogP contribution in [0.2, 0.25) is 0 Å². The first-order chi connectivity index (χ1) is 9.74. The number of hydrogen-bond acceptors (Lipinski definition) is 4. The smallest absolute Gasteiger partial charge is 0.409 e. The summed E-state index contributed by atoms with van der Waals surface area (Å²) in [6.45, 7) is 3.44. The molecule has 0 radical (unpaired) electrons. The molecule has 2 N–H and O–H groups in total. The lowest BCUT2D eigenvalue weighted by Gasteiger charge is -2.28. The van der Waals surface area contributed by atoms with Gasteiger partial charge in [0.2, 0.25) is 3.79 Å². The Kier molecular flexibility index (Phi) is 6.71. The van der Waals surface area contributed by atoms with Crippen LogP contribution in [0.1, 0.15) is 13.8 Å². The van der Waals surface area contributed by atoms with E-state index in [9.17, 15) is 4.79 Å². The molecular weight excluding hydrogens is 339 g/mol. The largest absolute Gasteiger partial charge is 0.495 e. The highest BCUT2D eigenvalue weighted by atomic mass is 35.6. The second-order valence-corrected chi connectivity index (χ2v) is 6.79. The van der Waals surface area contributed by atoms with Gasteiger partial charge in [-0.25, -0.2) is 4.79 Å². The van der Waals surface area contributed by atoms with Crippen LogP contribution in [0.3, 0.4) is 0 Å². The fourth-order valence-corrected chi connectivity index (χ4v) is 1.81. The van der Waals surface area contributed by atoms with Crippen LogP contribution in [-0.2, 0) is 4.74 Å². The standard InChI is InChI=1S/C13H17Cl3N2O3/c1-8(2)21-12(19)18-11(13(14,15)16)17-9-6-4-5-7-10(9)20-3/h4-8,11,17H,1-3H3,(H,18,19). The average molecular weight is 356 g/mol. The molecule has 0 saturated carbocycles. The maximum atomic E-state index is 11.7. The van der Waals surface area contributed by atoms with Gasteiger partial charge in [0.25, 0.3) is 0 Å². The summed E-state index contributed by atoms with van der Waals surface area (Å²) in [6.07, 6.45) is -1.97. The molecule has 1 rings (SSSR count). The predicted molar refractivity (Wildman–Crippen MR) is 85.4 cm³/mol. The van der Waals surface area contributed by atoms with Crippen molar-refractivity contribution in [1.29, 1.82) is 0 Å². The zero-order valence-corrected chi connectivity index (χ0v) is 14.1. The second kappa shape index (κ2) is 7.82. The Hall–Kier alpha value is -1.04. The number of hydrogen-bond donors (Lipinski definition) is 2. The average Bonchev–Trinajstić information content (AvgIpc) is 2.36. The minimum absolute atomic E-state index is 0.285. The van der Waals surface area contributed by atoms with Gasteiger partial charge in [0.15, 0.2) is 6.17 Å². The molecule has 1 aromatic rings. The van der Waals surface area contributed by atoms with Gasteiger partial charge in [-0.1, -0.05) is 46.9 Å². The van der Waals surface area contributed by atoms with Gasteiger partial charge >= 0.3 is 6.09 Å². The summed E-state index contributed by atoms with van der Waals surface area (Å²) in [5.74, 6) is 0.552. The van der Waals surface area contributed by atoms with Gasteiger partial charge in [-0.2, -0.15) is 0 Å². The van der Waals surface area contributed by atoms with Crippen LogP contribution in [-0.4, -0.2) is 29.3 Å². The molecule has 0 spiro atoms. The topological polar surface area (TPSA) is 59.6 Å². The van der Waals surface area contributed by atoms with Crippen LogP contribution in [0, 0.1) is 0 Å². The third-order valence-electron chi connectivity index (χ3n) is 2.34. The lowest BCUT2D eigenvalue weighted by molar-refractivity contribution is 0.113. The number of ether oxygens (including phenoxy) is 2. The number of methoxy groups -OCH3 is 1. The molecule has 0 fully saturated rings. The number of nitrogens with one attached hydrogen (secondary N) is 2. The van der Waals surface area contributed by atoms with E-state index in [-0.39, 0.29) is 6.10 Å². The van der Waals surface area contributed by atoms with E-state index in [4.69, 9.17) is 44.3 Å². The molecule has 1 unspecified atom stereocenters. The minimum Gasteiger partial charge on any atom is -0.495 e. The quantitative estimate of drug-likeness (QED) is 0.620. The molecule has 0 aromatic heterocycles. The van der Waals surface area contributed by atoms with Gasteiger partial charge in [-0.15, -0.1) is 0 Å². The Balaban J connectivity index is 2.87. The third-order valence-corrected chi connectivity index (χ3v) is 2.99.